The van der Waals surface area contributed by atoms with E-state index in [-0.39, 0.29) is 29.1 Å². The first-order valence-electron chi connectivity index (χ1n) is 11.3. The van der Waals surface area contributed by atoms with Crippen molar-refractivity contribution in [2.75, 3.05) is 0 Å². The lowest BCUT2D eigenvalue weighted by molar-refractivity contribution is 0.0934. The SMILES string of the molecule is Cc1nn2c(C3CC3)c(C(=O)N[C@H]3CCc4ccccc43)cnc2c1-c1c(F)ccc(F)c1F. The molecule has 2 aliphatic rings. The number of nitrogens with one attached hydrogen (secondary N) is 1. The van der Waals surface area contributed by atoms with E-state index in [2.05, 4.69) is 21.5 Å². The highest BCUT2D eigenvalue weighted by atomic mass is 19.2. The Morgan fingerprint density at radius 1 is 1.03 bits per heavy atom. The number of carbonyl (C=O) groups excluding carboxylic acids is 1. The maximum Gasteiger partial charge on any atom is 0.255 e. The Hall–Kier alpha value is -3.68. The minimum absolute atomic E-state index is 0.0862. The zero-order valence-corrected chi connectivity index (χ0v) is 18.4. The topological polar surface area (TPSA) is 59.3 Å². The number of aromatic nitrogens is 3. The van der Waals surface area contributed by atoms with Crippen molar-refractivity contribution in [2.24, 2.45) is 0 Å². The predicted octanol–water partition coefficient (Wildman–Crippen LogP) is 5.42. The van der Waals surface area contributed by atoms with E-state index >= 15 is 0 Å². The monoisotopic (exact) mass is 462 g/mol. The average Bonchev–Trinajstić information content (AvgIpc) is 3.51. The van der Waals surface area contributed by atoms with Crippen LogP contribution in [-0.2, 0) is 6.42 Å². The Kier molecular flexibility index (Phi) is 4.72. The van der Waals surface area contributed by atoms with Crippen molar-refractivity contribution < 1.29 is 18.0 Å². The normalized spacial score (nSPS) is 17.2. The minimum Gasteiger partial charge on any atom is -0.345 e. The van der Waals surface area contributed by atoms with Gasteiger partial charge in [-0.25, -0.2) is 22.7 Å². The molecular formula is C26H21F3N4O. The van der Waals surface area contributed by atoms with E-state index in [1.807, 2.05) is 18.2 Å². The Morgan fingerprint density at radius 3 is 2.59 bits per heavy atom. The van der Waals surface area contributed by atoms with E-state index < -0.39 is 23.0 Å². The van der Waals surface area contributed by atoms with E-state index in [4.69, 9.17) is 0 Å². The smallest absolute Gasteiger partial charge is 0.255 e. The number of carbonyl (C=O) groups is 1. The third kappa shape index (κ3) is 3.20. The summed E-state index contributed by atoms with van der Waals surface area (Å²) in [5, 5.41) is 7.62. The molecule has 6 rings (SSSR count). The molecule has 0 spiro atoms. The zero-order valence-electron chi connectivity index (χ0n) is 18.4. The number of benzene rings is 2. The highest BCUT2D eigenvalue weighted by molar-refractivity contribution is 5.96. The summed E-state index contributed by atoms with van der Waals surface area (Å²) in [4.78, 5) is 17.7. The first kappa shape index (κ1) is 20.9. The largest absolute Gasteiger partial charge is 0.345 e. The number of nitrogens with zero attached hydrogens (tertiary/aromatic N) is 3. The maximum atomic E-state index is 14.6. The Bertz CT molecular complexity index is 1470. The van der Waals surface area contributed by atoms with Crippen LogP contribution in [0.5, 0.6) is 0 Å². The second-order valence-electron chi connectivity index (χ2n) is 9.01. The average molecular weight is 462 g/mol. The van der Waals surface area contributed by atoms with Crippen molar-refractivity contribution in [3.8, 4) is 11.1 Å². The first-order valence-corrected chi connectivity index (χ1v) is 11.3. The van der Waals surface area contributed by atoms with Gasteiger partial charge in [-0.05, 0) is 55.9 Å². The van der Waals surface area contributed by atoms with Gasteiger partial charge in [0.1, 0.15) is 5.82 Å². The number of aryl methyl sites for hydroxylation is 2. The fraction of sp³-hybridized carbons (Fsp3) is 0.269. The fourth-order valence-electron chi connectivity index (χ4n) is 5.02. The van der Waals surface area contributed by atoms with Gasteiger partial charge < -0.3 is 5.32 Å². The van der Waals surface area contributed by atoms with Gasteiger partial charge in [-0.3, -0.25) is 4.79 Å². The van der Waals surface area contributed by atoms with Crippen molar-refractivity contribution in [3.63, 3.8) is 0 Å². The summed E-state index contributed by atoms with van der Waals surface area (Å²) in [5.41, 5.74) is 3.51. The second-order valence-corrected chi connectivity index (χ2v) is 9.01. The lowest BCUT2D eigenvalue weighted by atomic mass is 10.0. The van der Waals surface area contributed by atoms with Crippen LogP contribution in [0.15, 0.2) is 42.6 Å². The zero-order chi connectivity index (χ0) is 23.6. The van der Waals surface area contributed by atoms with Gasteiger partial charge in [0.05, 0.1) is 34.1 Å². The molecule has 172 valence electrons. The van der Waals surface area contributed by atoms with E-state index in [1.54, 1.807) is 6.92 Å². The molecular weight excluding hydrogens is 441 g/mol. The Morgan fingerprint density at radius 2 is 1.79 bits per heavy atom. The molecule has 1 saturated carbocycles. The van der Waals surface area contributed by atoms with E-state index in [0.29, 0.717) is 17.0 Å². The van der Waals surface area contributed by atoms with Crippen molar-refractivity contribution in [1.29, 1.82) is 0 Å². The summed E-state index contributed by atoms with van der Waals surface area (Å²) in [5.74, 6) is -3.49. The van der Waals surface area contributed by atoms with Crippen LogP contribution in [-0.4, -0.2) is 20.5 Å². The van der Waals surface area contributed by atoms with Crippen LogP contribution in [0.4, 0.5) is 13.2 Å². The summed E-state index contributed by atoms with van der Waals surface area (Å²) in [6.07, 6.45) is 4.92. The molecule has 1 N–H and O–H groups in total. The van der Waals surface area contributed by atoms with E-state index in [1.165, 1.54) is 16.3 Å². The van der Waals surface area contributed by atoms with Gasteiger partial charge in [0, 0.05) is 12.1 Å². The quantitative estimate of drug-likeness (QED) is 0.412. The molecule has 2 aliphatic carbocycles. The number of fused-ring (bicyclic) bond motifs is 2. The van der Waals surface area contributed by atoms with Crippen molar-refractivity contribution >= 4 is 11.6 Å². The molecule has 1 fully saturated rings. The van der Waals surface area contributed by atoms with Crippen molar-refractivity contribution in [1.82, 2.24) is 19.9 Å². The van der Waals surface area contributed by atoms with Crippen LogP contribution in [0.25, 0.3) is 16.8 Å². The lowest BCUT2D eigenvalue weighted by Crippen LogP contribution is -2.29. The molecule has 1 amide bonds. The molecule has 1 atom stereocenters. The highest BCUT2D eigenvalue weighted by Gasteiger charge is 2.34. The molecule has 0 radical (unpaired) electrons. The molecule has 2 heterocycles. The number of amides is 1. The molecule has 8 heteroatoms. The van der Waals surface area contributed by atoms with Gasteiger partial charge in [-0.15, -0.1) is 0 Å². The summed E-state index contributed by atoms with van der Waals surface area (Å²) in [7, 11) is 0. The van der Waals surface area contributed by atoms with Gasteiger partial charge in [0.25, 0.3) is 5.91 Å². The summed E-state index contributed by atoms with van der Waals surface area (Å²) < 4.78 is 44.6. The van der Waals surface area contributed by atoms with Crippen LogP contribution >= 0.6 is 0 Å². The molecule has 0 aliphatic heterocycles. The van der Waals surface area contributed by atoms with E-state index in [0.717, 1.165) is 43.4 Å². The summed E-state index contributed by atoms with van der Waals surface area (Å²) in [6, 6.07) is 9.61. The predicted molar refractivity (Wildman–Crippen MR) is 120 cm³/mol. The highest BCUT2D eigenvalue weighted by Crippen LogP contribution is 2.43. The molecule has 0 bridgehead atoms. The van der Waals surface area contributed by atoms with Crippen molar-refractivity contribution in [3.05, 3.63) is 88.1 Å². The molecule has 0 unspecified atom stereocenters. The van der Waals surface area contributed by atoms with Gasteiger partial charge in [-0.1, -0.05) is 24.3 Å². The van der Waals surface area contributed by atoms with Crippen LogP contribution in [0.1, 0.15) is 64.1 Å². The van der Waals surface area contributed by atoms with Crippen LogP contribution < -0.4 is 5.32 Å². The third-order valence-corrected chi connectivity index (χ3v) is 6.80. The maximum absolute atomic E-state index is 14.6. The van der Waals surface area contributed by atoms with Crippen LogP contribution in [0.2, 0.25) is 0 Å². The van der Waals surface area contributed by atoms with Gasteiger partial charge in [0.15, 0.2) is 17.3 Å². The molecule has 34 heavy (non-hydrogen) atoms. The fourth-order valence-corrected chi connectivity index (χ4v) is 5.02. The second kappa shape index (κ2) is 7.68. The molecule has 0 saturated heterocycles. The molecule has 5 nitrogen and oxygen atoms in total. The number of hydrogen-bond donors (Lipinski definition) is 1. The number of halogens is 3. The molecule has 2 aromatic carbocycles. The Labute approximate surface area is 193 Å². The third-order valence-electron chi connectivity index (χ3n) is 6.80. The first-order chi connectivity index (χ1) is 16.4. The molecule has 4 aromatic rings. The Balaban J connectivity index is 1.45. The van der Waals surface area contributed by atoms with Crippen molar-refractivity contribution in [2.45, 2.75) is 44.6 Å². The van der Waals surface area contributed by atoms with E-state index in [9.17, 15) is 18.0 Å². The summed E-state index contributed by atoms with van der Waals surface area (Å²) >= 11 is 0. The van der Waals surface area contributed by atoms with Gasteiger partial charge >= 0.3 is 0 Å². The summed E-state index contributed by atoms with van der Waals surface area (Å²) in [6.45, 7) is 1.60. The van der Waals surface area contributed by atoms with Crippen LogP contribution in [0, 0.1) is 24.4 Å². The number of rotatable bonds is 4. The van der Waals surface area contributed by atoms with Crippen LogP contribution in [0.3, 0.4) is 0 Å². The van der Waals surface area contributed by atoms with Gasteiger partial charge in [-0.2, -0.15) is 5.10 Å². The van der Waals surface area contributed by atoms with Gasteiger partial charge in [0.2, 0.25) is 0 Å². The molecule has 2 aromatic heterocycles. The minimum atomic E-state index is -1.28. The lowest BCUT2D eigenvalue weighted by Gasteiger charge is -2.16. The standard InChI is InChI=1S/C26H21F3N4O/c1-13-21(22-18(27)9-10-19(28)23(22)29)25-30-12-17(24(15-6-7-15)33(25)32-13)26(34)31-20-11-8-14-4-2-3-5-16(14)20/h2-5,9-10,12,15,20H,6-8,11H2,1H3,(H,31,34)/t20-/m0/s1. The number of hydrogen-bond acceptors (Lipinski definition) is 3.